The molecule has 0 spiro atoms. The fraction of sp³-hybridized carbons (Fsp3) is 0.455. The number of nitrogens with one attached hydrogen (secondary N) is 1. The first-order valence-corrected chi connectivity index (χ1v) is 6.96. The summed E-state index contributed by atoms with van der Waals surface area (Å²) in [6, 6.07) is 5.97. The fourth-order valence-corrected chi connectivity index (χ4v) is 3.19. The van der Waals surface area contributed by atoms with Crippen molar-refractivity contribution in [2.24, 2.45) is 0 Å². The highest BCUT2D eigenvalue weighted by Gasteiger charge is 2.30. The minimum Gasteiger partial charge on any atom is -0.314 e. The lowest BCUT2D eigenvalue weighted by Crippen LogP contribution is -2.52. The molecule has 88 valence electrons. The number of hydrogen-bond acceptors (Lipinski definition) is 3. The fourth-order valence-electron chi connectivity index (χ4n) is 1.59. The summed E-state index contributed by atoms with van der Waals surface area (Å²) in [4.78, 5) is 0. The Labute approximate surface area is 94.6 Å². The first-order chi connectivity index (χ1) is 7.58. The molecular formula is C11H14FNO2S. The van der Waals surface area contributed by atoms with Crippen LogP contribution in [0.1, 0.15) is 5.56 Å². The van der Waals surface area contributed by atoms with Crippen molar-refractivity contribution < 1.29 is 12.8 Å². The Morgan fingerprint density at radius 2 is 1.88 bits per heavy atom. The number of benzene rings is 1. The highest BCUT2D eigenvalue weighted by atomic mass is 32.2. The van der Waals surface area contributed by atoms with Crippen molar-refractivity contribution in [3.05, 3.63) is 35.6 Å². The zero-order valence-electron chi connectivity index (χ0n) is 8.82. The van der Waals surface area contributed by atoms with Crippen molar-refractivity contribution in [3.63, 3.8) is 0 Å². The number of rotatable bonds is 4. The summed E-state index contributed by atoms with van der Waals surface area (Å²) in [6.45, 7) is 1.12. The van der Waals surface area contributed by atoms with Crippen LogP contribution in [-0.4, -0.2) is 32.5 Å². The standard InChI is InChI=1S/C11H14FNO2S/c12-10-3-1-9(2-4-10)5-6-16(14,15)11-7-13-8-11/h1-4,11,13H,5-8H2. The van der Waals surface area contributed by atoms with Gasteiger partial charge >= 0.3 is 0 Å². The summed E-state index contributed by atoms with van der Waals surface area (Å²) >= 11 is 0. The maximum Gasteiger partial charge on any atom is 0.155 e. The van der Waals surface area contributed by atoms with Crippen LogP contribution in [0, 0.1) is 5.82 Å². The van der Waals surface area contributed by atoms with E-state index in [-0.39, 0.29) is 16.8 Å². The Kier molecular flexibility index (Phi) is 3.25. The van der Waals surface area contributed by atoms with Crippen molar-refractivity contribution >= 4 is 9.84 Å². The second-order valence-corrected chi connectivity index (χ2v) is 6.42. The molecule has 1 aromatic rings. The molecule has 0 aliphatic carbocycles. The van der Waals surface area contributed by atoms with E-state index in [0.717, 1.165) is 5.56 Å². The zero-order valence-corrected chi connectivity index (χ0v) is 9.63. The zero-order chi connectivity index (χ0) is 11.6. The van der Waals surface area contributed by atoms with Crippen LogP contribution in [0.15, 0.2) is 24.3 Å². The second-order valence-electron chi connectivity index (χ2n) is 4.02. The average molecular weight is 243 g/mol. The van der Waals surface area contributed by atoms with Gasteiger partial charge in [-0.05, 0) is 24.1 Å². The third-order valence-corrected chi connectivity index (χ3v) is 4.96. The van der Waals surface area contributed by atoms with Crippen LogP contribution in [-0.2, 0) is 16.3 Å². The van der Waals surface area contributed by atoms with Crippen LogP contribution in [0.4, 0.5) is 4.39 Å². The van der Waals surface area contributed by atoms with Crippen molar-refractivity contribution in [1.82, 2.24) is 5.32 Å². The van der Waals surface area contributed by atoms with E-state index in [2.05, 4.69) is 5.32 Å². The van der Waals surface area contributed by atoms with Crippen molar-refractivity contribution in [1.29, 1.82) is 0 Å². The number of halogens is 1. The quantitative estimate of drug-likeness (QED) is 0.849. The molecule has 1 saturated heterocycles. The van der Waals surface area contributed by atoms with Gasteiger partial charge in [0.2, 0.25) is 0 Å². The Bertz CT molecular complexity index is 451. The minimum absolute atomic E-state index is 0.144. The molecule has 0 aromatic heterocycles. The molecule has 1 aliphatic rings. The molecule has 1 fully saturated rings. The van der Waals surface area contributed by atoms with E-state index >= 15 is 0 Å². The van der Waals surface area contributed by atoms with Gasteiger partial charge in [0, 0.05) is 13.1 Å². The van der Waals surface area contributed by atoms with Gasteiger partial charge in [0.05, 0.1) is 11.0 Å². The lowest BCUT2D eigenvalue weighted by Gasteiger charge is -2.26. The smallest absolute Gasteiger partial charge is 0.155 e. The van der Waals surface area contributed by atoms with Gasteiger partial charge < -0.3 is 5.32 Å². The number of aryl methyl sites for hydroxylation is 1. The highest BCUT2D eigenvalue weighted by Crippen LogP contribution is 2.11. The number of sulfone groups is 1. The predicted molar refractivity (Wildman–Crippen MR) is 60.5 cm³/mol. The number of hydrogen-bond donors (Lipinski definition) is 1. The van der Waals surface area contributed by atoms with E-state index in [1.807, 2.05) is 0 Å². The lowest BCUT2D eigenvalue weighted by atomic mass is 10.2. The van der Waals surface area contributed by atoms with E-state index in [0.29, 0.717) is 19.5 Å². The predicted octanol–water partition coefficient (Wildman–Crippen LogP) is 0.755. The molecule has 1 aliphatic heterocycles. The Hall–Kier alpha value is -0.940. The summed E-state index contributed by atoms with van der Waals surface area (Å²) in [5.74, 6) is -0.153. The largest absolute Gasteiger partial charge is 0.314 e. The summed E-state index contributed by atoms with van der Waals surface area (Å²) in [5.41, 5.74) is 0.859. The normalized spacial score (nSPS) is 17.1. The van der Waals surface area contributed by atoms with Crippen molar-refractivity contribution in [2.45, 2.75) is 11.7 Å². The van der Waals surface area contributed by atoms with Crippen LogP contribution in [0.2, 0.25) is 0 Å². The van der Waals surface area contributed by atoms with Gasteiger partial charge in [0.25, 0.3) is 0 Å². The Morgan fingerprint density at radius 3 is 2.38 bits per heavy atom. The van der Waals surface area contributed by atoms with E-state index in [4.69, 9.17) is 0 Å². The lowest BCUT2D eigenvalue weighted by molar-refractivity contribution is 0.495. The first-order valence-electron chi connectivity index (χ1n) is 5.25. The molecule has 1 heterocycles. The second kappa shape index (κ2) is 4.51. The summed E-state index contributed by atoms with van der Waals surface area (Å²) in [6.07, 6.45) is 0.457. The summed E-state index contributed by atoms with van der Waals surface area (Å²) in [5, 5.41) is 2.72. The molecular weight excluding hydrogens is 229 g/mol. The maximum absolute atomic E-state index is 12.6. The molecule has 0 saturated carbocycles. The Balaban J connectivity index is 1.94. The van der Waals surface area contributed by atoms with Gasteiger partial charge in [-0.15, -0.1) is 0 Å². The molecule has 16 heavy (non-hydrogen) atoms. The van der Waals surface area contributed by atoms with E-state index in [1.165, 1.54) is 12.1 Å². The van der Waals surface area contributed by atoms with Gasteiger partial charge in [-0.2, -0.15) is 0 Å². The average Bonchev–Trinajstić information content (AvgIpc) is 2.13. The van der Waals surface area contributed by atoms with E-state index in [9.17, 15) is 12.8 Å². The molecule has 0 unspecified atom stereocenters. The van der Waals surface area contributed by atoms with Gasteiger partial charge in [-0.1, -0.05) is 12.1 Å². The van der Waals surface area contributed by atoms with Crippen LogP contribution in [0.3, 0.4) is 0 Å². The van der Waals surface area contributed by atoms with Crippen molar-refractivity contribution in [3.8, 4) is 0 Å². The van der Waals surface area contributed by atoms with Crippen LogP contribution < -0.4 is 5.32 Å². The molecule has 2 rings (SSSR count). The van der Waals surface area contributed by atoms with Gasteiger partial charge in [0.15, 0.2) is 9.84 Å². The van der Waals surface area contributed by atoms with Crippen molar-refractivity contribution in [2.75, 3.05) is 18.8 Å². The molecule has 3 nitrogen and oxygen atoms in total. The molecule has 1 N–H and O–H groups in total. The van der Waals surface area contributed by atoms with Crippen LogP contribution in [0.25, 0.3) is 0 Å². The SMILES string of the molecule is O=S(=O)(CCc1ccc(F)cc1)C1CNC1. The monoisotopic (exact) mass is 243 g/mol. The minimum atomic E-state index is -2.99. The molecule has 0 bridgehead atoms. The van der Waals surface area contributed by atoms with E-state index < -0.39 is 9.84 Å². The van der Waals surface area contributed by atoms with Gasteiger partial charge in [0.1, 0.15) is 5.82 Å². The molecule has 1 aromatic carbocycles. The third-order valence-electron chi connectivity index (χ3n) is 2.84. The van der Waals surface area contributed by atoms with Crippen LogP contribution in [0.5, 0.6) is 0 Å². The summed E-state index contributed by atoms with van der Waals surface area (Å²) in [7, 11) is -2.99. The van der Waals surface area contributed by atoms with E-state index in [1.54, 1.807) is 12.1 Å². The van der Waals surface area contributed by atoms with Gasteiger partial charge in [-0.3, -0.25) is 0 Å². The molecule has 5 heteroatoms. The van der Waals surface area contributed by atoms with Crippen LogP contribution >= 0.6 is 0 Å². The maximum atomic E-state index is 12.6. The molecule has 0 amide bonds. The highest BCUT2D eigenvalue weighted by molar-refractivity contribution is 7.92. The summed E-state index contributed by atoms with van der Waals surface area (Å²) < 4.78 is 36.1. The Morgan fingerprint density at radius 1 is 1.25 bits per heavy atom. The van der Waals surface area contributed by atoms with Gasteiger partial charge in [-0.25, -0.2) is 12.8 Å². The molecule has 0 atom stereocenters. The topological polar surface area (TPSA) is 46.2 Å². The molecule has 0 radical (unpaired) electrons. The first kappa shape index (κ1) is 11.5. The third kappa shape index (κ3) is 2.59.